The molecule has 2 rings (SSSR count). The largest absolute Gasteiger partial charge is 0.493 e. The van der Waals surface area contributed by atoms with Gasteiger partial charge in [-0.15, -0.1) is 11.3 Å². The highest BCUT2D eigenvalue weighted by molar-refractivity contribution is 7.09. The lowest BCUT2D eigenvalue weighted by molar-refractivity contribution is 0.281. The second-order valence-electron chi connectivity index (χ2n) is 3.85. The molecule has 19 heavy (non-hydrogen) atoms. The van der Waals surface area contributed by atoms with Crippen LogP contribution in [0.1, 0.15) is 10.6 Å². The Labute approximate surface area is 121 Å². The Morgan fingerprint density at radius 2 is 2.26 bits per heavy atom. The van der Waals surface area contributed by atoms with Gasteiger partial charge in [0.05, 0.1) is 7.11 Å². The maximum absolute atomic E-state index is 6.05. The van der Waals surface area contributed by atoms with Crippen molar-refractivity contribution < 1.29 is 9.47 Å². The maximum atomic E-state index is 6.05. The molecule has 1 aromatic carbocycles. The second-order valence-corrected chi connectivity index (χ2v) is 5.27. The van der Waals surface area contributed by atoms with Crippen molar-refractivity contribution in [2.75, 3.05) is 13.7 Å². The molecule has 2 aromatic rings. The molecule has 0 radical (unpaired) electrons. The number of ether oxygens (including phenoxy) is 2. The molecule has 102 valence electrons. The number of halogens is 1. The Morgan fingerprint density at radius 1 is 1.42 bits per heavy atom. The van der Waals surface area contributed by atoms with E-state index in [0.29, 0.717) is 36.1 Å². The molecule has 0 saturated carbocycles. The van der Waals surface area contributed by atoms with Crippen LogP contribution in [0.25, 0.3) is 0 Å². The maximum Gasteiger partial charge on any atom is 0.165 e. The predicted molar refractivity (Wildman–Crippen MR) is 77.2 cm³/mol. The first-order valence-corrected chi connectivity index (χ1v) is 7.08. The van der Waals surface area contributed by atoms with Crippen LogP contribution in [0.3, 0.4) is 0 Å². The fourth-order valence-corrected chi connectivity index (χ4v) is 2.50. The summed E-state index contributed by atoms with van der Waals surface area (Å²) >= 11 is 7.60. The van der Waals surface area contributed by atoms with Crippen LogP contribution in [-0.4, -0.2) is 18.6 Å². The van der Waals surface area contributed by atoms with Gasteiger partial charge in [-0.2, -0.15) is 0 Å². The minimum atomic E-state index is 0.410. The van der Waals surface area contributed by atoms with Crippen molar-refractivity contribution in [3.8, 4) is 11.5 Å². The number of rotatable bonds is 6. The van der Waals surface area contributed by atoms with Crippen molar-refractivity contribution in [2.24, 2.45) is 5.73 Å². The van der Waals surface area contributed by atoms with Gasteiger partial charge in [0.25, 0.3) is 0 Å². The molecule has 0 spiro atoms. The summed E-state index contributed by atoms with van der Waals surface area (Å²) in [5.74, 6) is 1.31. The Morgan fingerprint density at radius 3 is 2.89 bits per heavy atom. The van der Waals surface area contributed by atoms with Crippen molar-refractivity contribution in [3.63, 3.8) is 0 Å². The van der Waals surface area contributed by atoms with E-state index in [1.165, 1.54) is 0 Å². The molecular weight excluding hydrogens is 284 g/mol. The SMILES string of the molecule is COc1cc(Cl)cc(CCN)c1OCc1nccs1. The molecule has 0 bridgehead atoms. The lowest BCUT2D eigenvalue weighted by Crippen LogP contribution is -2.06. The minimum absolute atomic E-state index is 0.410. The molecular formula is C13H15ClN2O2S. The molecule has 0 amide bonds. The molecule has 1 aromatic heterocycles. The zero-order chi connectivity index (χ0) is 13.7. The number of thiazole rings is 1. The van der Waals surface area contributed by atoms with Gasteiger partial charge in [0.1, 0.15) is 11.6 Å². The van der Waals surface area contributed by atoms with Crippen LogP contribution in [0, 0.1) is 0 Å². The topological polar surface area (TPSA) is 57.4 Å². The van der Waals surface area contributed by atoms with E-state index in [0.717, 1.165) is 10.6 Å². The van der Waals surface area contributed by atoms with E-state index in [4.69, 9.17) is 26.8 Å². The average molecular weight is 299 g/mol. The highest BCUT2D eigenvalue weighted by atomic mass is 35.5. The third-order valence-electron chi connectivity index (χ3n) is 2.55. The first-order chi connectivity index (χ1) is 9.24. The summed E-state index contributed by atoms with van der Waals surface area (Å²) in [7, 11) is 1.59. The van der Waals surface area contributed by atoms with Crippen molar-refractivity contribution in [1.82, 2.24) is 4.98 Å². The van der Waals surface area contributed by atoms with Crippen molar-refractivity contribution >= 4 is 22.9 Å². The van der Waals surface area contributed by atoms with Crippen LogP contribution in [0.4, 0.5) is 0 Å². The van der Waals surface area contributed by atoms with Gasteiger partial charge in [-0.1, -0.05) is 11.6 Å². The number of methoxy groups -OCH3 is 1. The van der Waals surface area contributed by atoms with E-state index >= 15 is 0 Å². The molecule has 0 fully saturated rings. The Bertz CT molecular complexity index is 532. The van der Waals surface area contributed by atoms with E-state index in [9.17, 15) is 0 Å². The quantitative estimate of drug-likeness (QED) is 0.891. The third kappa shape index (κ3) is 3.59. The van der Waals surface area contributed by atoms with E-state index in [-0.39, 0.29) is 0 Å². The first-order valence-electron chi connectivity index (χ1n) is 5.82. The lowest BCUT2D eigenvalue weighted by Gasteiger charge is -2.14. The fraction of sp³-hybridized carbons (Fsp3) is 0.308. The van der Waals surface area contributed by atoms with E-state index in [1.807, 2.05) is 11.4 Å². The molecule has 0 aliphatic rings. The van der Waals surface area contributed by atoms with Gasteiger partial charge in [-0.3, -0.25) is 0 Å². The Balaban J connectivity index is 2.24. The summed E-state index contributed by atoms with van der Waals surface area (Å²) in [5.41, 5.74) is 6.56. The summed E-state index contributed by atoms with van der Waals surface area (Å²) in [6, 6.07) is 3.59. The number of nitrogens with two attached hydrogens (primary N) is 1. The number of hydrogen-bond acceptors (Lipinski definition) is 5. The van der Waals surface area contributed by atoms with Gasteiger partial charge < -0.3 is 15.2 Å². The van der Waals surface area contributed by atoms with E-state index in [1.54, 1.807) is 30.7 Å². The van der Waals surface area contributed by atoms with E-state index in [2.05, 4.69) is 4.98 Å². The Hall–Kier alpha value is -1.30. The monoisotopic (exact) mass is 298 g/mol. The lowest BCUT2D eigenvalue weighted by atomic mass is 10.1. The molecule has 0 atom stereocenters. The zero-order valence-corrected chi connectivity index (χ0v) is 12.1. The molecule has 0 aliphatic carbocycles. The highest BCUT2D eigenvalue weighted by Crippen LogP contribution is 2.35. The Kier molecular flexibility index (Phi) is 5.01. The molecule has 2 N–H and O–H groups in total. The normalized spacial score (nSPS) is 10.5. The zero-order valence-electron chi connectivity index (χ0n) is 10.6. The summed E-state index contributed by atoms with van der Waals surface area (Å²) < 4.78 is 11.1. The number of aromatic nitrogens is 1. The number of hydrogen-bond donors (Lipinski definition) is 1. The molecule has 4 nitrogen and oxygen atoms in total. The summed E-state index contributed by atoms with van der Waals surface area (Å²) in [6.07, 6.45) is 2.44. The fourth-order valence-electron chi connectivity index (χ4n) is 1.74. The second kappa shape index (κ2) is 6.75. The number of nitrogens with zero attached hydrogens (tertiary/aromatic N) is 1. The van der Waals surface area contributed by atoms with Gasteiger partial charge in [-0.25, -0.2) is 4.98 Å². The first kappa shape index (κ1) is 14.1. The smallest absolute Gasteiger partial charge is 0.165 e. The summed E-state index contributed by atoms with van der Waals surface area (Å²) in [5, 5.41) is 3.44. The number of benzene rings is 1. The van der Waals surface area contributed by atoms with Crippen LogP contribution in [0.15, 0.2) is 23.7 Å². The standard InChI is InChI=1S/C13H15ClN2O2S/c1-17-11-7-10(14)6-9(2-3-15)13(11)18-8-12-16-4-5-19-12/h4-7H,2-3,8,15H2,1H3. The van der Waals surface area contributed by atoms with Crippen LogP contribution in [0.5, 0.6) is 11.5 Å². The minimum Gasteiger partial charge on any atom is -0.493 e. The average Bonchev–Trinajstić information content (AvgIpc) is 2.90. The molecule has 0 saturated heterocycles. The van der Waals surface area contributed by atoms with Crippen molar-refractivity contribution in [1.29, 1.82) is 0 Å². The van der Waals surface area contributed by atoms with Crippen LogP contribution in [0.2, 0.25) is 5.02 Å². The summed E-state index contributed by atoms with van der Waals surface area (Å²) in [4.78, 5) is 4.18. The van der Waals surface area contributed by atoms with Gasteiger partial charge in [0, 0.05) is 28.2 Å². The van der Waals surface area contributed by atoms with Crippen LogP contribution < -0.4 is 15.2 Å². The van der Waals surface area contributed by atoms with Crippen molar-refractivity contribution in [3.05, 3.63) is 39.3 Å². The molecule has 0 aliphatic heterocycles. The molecule has 1 heterocycles. The van der Waals surface area contributed by atoms with Gasteiger partial charge >= 0.3 is 0 Å². The molecule has 6 heteroatoms. The highest BCUT2D eigenvalue weighted by Gasteiger charge is 2.13. The van der Waals surface area contributed by atoms with E-state index < -0.39 is 0 Å². The van der Waals surface area contributed by atoms with Crippen molar-refractivity contribution in [2.45, 2.75) is 13.0 Å². The third-order valence-corrected chi connectivity index (χ3v) is 3.52. The van der Waals surface area contributed by atoms with Gasteiger partial charge in [0.2, 0.25) is 0 Å². The van der Waals surface area contributed by atoms with Gasteiger partial charge in [-0.05, 0) is 19.0 Å². The molecule has 0 unspecified atom stereocenters. The van der Waals surface area contributed by atoms with Crippen LogP contribution >= 0.6 is 22.9 Å². The predicted octanol–water partition coefficient (Wildman–Crippen LogP) is 2.89. The summed E-state index contributed by atoms with van der Waals surface area (Å²) in [6.45, 7) is 0.935. The van der Waals surface area contributed by atoms with Crippen LogP contribution in [-0.2, 0) is 13.0 Å². The van der Waals surface area contributed by atoms with Gasteiger partial charge in [0.15, 0.2) is 11.5 Å².